The van der Waals surface area contributed by atoms with Crippen molar-refractivity contribution >= 4 is 0 Å². The summed E-state index contributed by atoms with van der Waals surface area (Å²) in [6.45, 7) is 3.60. The van der Waals surface area contributed by atoms with E-state index in [4.69, 9.17) is 5.73 Å². The predicted molar refractivity (Wildman–Crippen MR) is 85.8 cm³/mol. The van der Waals surface area contributed by atoms with Crippen LogP contribution in [0.2, 0.25) is 0 Å². The van der Waals surface area contributed by atoms with Gasteiger partial charge in [-0.25, -0.2) is 0 Å². The average Bonchev–Trinajstić information content (AvgIpc) is 2.85. The summed E-state index contributed by atoms with van der Waals surface area (Å²) in [4.78, 5) is 4.95. The quantitative estimate of drug-likeness (QED) is 0.830. The van der Waals surface area contributed by atoms with Crippen LogP contribution in [-0.4, -0.2) is 49.6 Å². The van der Waals surface area contributed by atoms with Crippen LogP contribution in [0.15, 0.2) is 30.3 Å². The standard InChI is InChI=1S/C17H29N3/c1-19(14-16-10-6-13-20(16)2)12-7-11-17(18)15-8-4-3-5-9-15/h3-5,8-9,16-17H,6-7,10-14,18H2,1-2H3. The summed E-state index contributed by atoms with van der Waals surface area (Å²) in [7, 11) is 4.48. The minimum absolute atomic E-state index is 0.179. The summed E-state index contributed by atoms with van der Waals surface area (Å²) >= 11 is 0. The largest absolute Gasteiger partial charge is 0.324 e. The van der Waals surface area contributed by atoms with E-state index in [-0.39, 0.29) is 6.04 Å². The van der Waals surface area contributed by atoms with Gasteiger partial charge in [0, 0.05) is 18.6 Å². The van der Waals surface area contributed by atoms with Gasteiger partial charge in [-0.1, -0.05) is 30.3 Å². The zero-order valence-corrected chi connectivity index (χ0v) is 13.0. The normalized spacial score (nSPS) is 21.5. The van der Waals surface area contributed by atoms with Gasteiger partial charge in [-0.3, -0.25) is 0 Å². The summed E-state index contributed by atoms with van der Waals surface area (Å²) in [5.41, 5.74) is 7.50. The molecule has 0 aliphatic carbocycles. The highest BCUT2D eigenvalue weighted by Gasteiger charge is 2.21. The van der Waals surface area contributed by atoms with Gasteiger partial charge in [-0.15, -0.1) is 0 Å². The van der Waals surface area contributed by atoms with E-state index in [0.717, 1.165) is 19.0 Å². The van der Waals surface area contributed by atoms with Crippen LogP contribution in [0.4, 0.5) is 0 Å². The van der Waals surface area contributed by atoms with Crippen LogP contribution in [0, 0.1) is 0 Å². The van der Waals surface area contributed by atoms with Crippen LogP contribution in [0.25, 0.3) is 0 Å². The lowest BCUT2D eigenvalue weighted by Crippen LogP contribution is -2.37. The van der Waals surface area contributed by atoms with Crippen molar-refractivity contribution < 1.29 is 0 Å². The molecule has 0 saturated carbocycles. The fourth-order valence-electron chi connectivity index (χ4n) is 3.11. The summed E-state index contributed by atoms with van der Waals surface area (Å²) in [6, 6.07) is 11.4. The first-order valence-electron chi connectivity index (χ1n) is 7.86. The number of nitrogens with zero attached hydrogens (tertiary/aromatic N) is 2. The van der Waals surface area contributed by atoms with Gasteiger partial charge in [0.05, 0.1) is 0 Å². The fourth-order valence-corrected chi connectivity index (χ4v) is 3.11. The zero-order valence-electron chi connectivity index (χ0n) is 13.0. The summed E-state index contributed by atoms with van der Waals surface area (Å²) in [5.74, 6) is 0. The molecule has 1 aromatic rings. The minimum Gasteiger partial charge on any atom is -0.324 e. The Hall–Kier alpha value is -0.900. The molecular formula is C17H29N3. The van der Waals surface area contributed by atoms with Crippen molar-refractivity contribution in [2.45, 2.75) is 37.8 Å². The van der Waals surface area contributed by atoms with Crippen LogP contribution < -0.4 is 5.73 Å². The third-order valence-electron chi connectivity index (χ3n) is 4.48. The van der Waals surface area contributed by atoms with E-state index in [0.29, 0.717) is 0 Å². The molecule has 1 aliphatic heterocycles. The van der Waals surface area contributed by atoms with E-state index >= 15 is 0 Å². The Morgan fingerprint density at radius 2 is 2.10 bits per heavy atom. The van der Waals surface area contributed by atoms with E-state index in [2.05, 4.69) is 48.2 Å². The van der Waals surface area contributed by atoms with Crippen LogP contribution in [-0.2, 0) is 0 Å². The number of rotatable bonds is 7. The van der Waals surface area contributed by atoms with Crippen LogP contribution >= 0.6 is 0 Å². The second-order valence-electron chi connectivity index (χ2n) is 6.20. The number of benzene rings is 1. The molecule has 3 heteroatoms. The van der Waals surface area contributed by atoms with Crippen LogP contribution in [0.3, 0.4) is 0 Å². The molecule has 1 aliphatic rings. The van der Waals surface area contributed by atoms with Gasteiger partial charge in [-0.2, -0.15) is 0 Å². The maximum absolute atomic E-state index is 6.24. The molecule has 1 heterocycles. The molecular weight excluding hydrogens is 246 g/mol. The number of likely N-dealkylation sites (tertiary alicyclic amines) is 1. The molecule has 2 atom stereocenters. The third-order valence-corrected chi connectivity index (χ3v) is 4.48. The smallest absolute Gasteiger partial charge is 0.0295 e. The number of hydrogen-bond acceptors (Lipinski definition) is 3. The monoisotopic (exact) mass is 275 g/mol. The molecule has 0 bridgehead atoms. The Morgan fingerprint density at radius 3 is 2.75 bits per heavy atom. The summed E-state index contributed by atoms with van der Waals surface area (Å²) < 4.78 is 0. The zero-order chi connectivity index (χ0) is 14.4. The topological polar surface area (TPSA) is 32.5 Å². The number of likely N-dealkylation sites (N-methyl/N-ethyl adjacent to an activating group) is 2. The van der Waals surface area contributed by atoms with Gasteiger partial charge in [0.15, 0.2) is 0 Å². The molecule has 0 radical (unpaired) electrons. The first kappa shape index (κ1) is 15.5. The Labute approximate surface area is 123 Å². The van der Waals surface area contributed by atoms with E-state index < -0.39 is 0 Å². The molecule has 1 saturated heterocycles. The molecule has 112 valence electrons. The first-order valence-corrected chi connectivity index (χ1v) is 7.86. The molecule has 0 aromatic heterocycles. The summed E-state index contributed by atoms with van der Waals surface area (Å²) in [5, 5.41) is 0. The van der Waals surface area contributed by atoms with Gasteiger partial charge in [0.1, 0.15) is 0 Å². The van der Waals surface area contributed by atoms with E-state index in [9.17, 15) is 0 Å². The van der Waals surface area contributed by atoms with Crippen molar-refractivity contribution in [2.75, 3.05) is 33.7 Å². The number of nitrogens with two attached hydrogens (primary N) is 1. The van der Waals surface area contributed by atoms with E-state index in [1.165, 1.54) is 37.9 Å². The molecule has 1 aromatic carbocycles. The fraction of sp³-hybridized carbons (Fsp3) is 0.647. The van der Waals surface area contributed by atoms with Gasteiger partial charge in [0.2, 0.25) is 0 Å². The molecule has 2 rings (SSSR count). The van der Waals surface area contributed by atoms with Crippen LogP contribution in [0.1, 0.15) is 37.3 Å². The lowest BCUT2D eigenvalue weighted by atomic mass is 10.0. The highest BCUT2D eigenvalue weighted by atomic mass is 15.2. The maximum atomic E-state index is 6.24. The van der Waals surface area contributed by atoms with E-state index in [1.807, 2.05) is 6.07 Å². The van der Waals surface area contributed by atoms with Crippen molar-refractivity contribution in [3.63, 3.8) is 0 Å². The second kappa shape index (κ2) is 7.77. The van der Waals surface area contributed by atoms with Crippen molar-refractivity contribution in [2.24, 2.45) is 5.73 Å². The van der Waals surface area contributed by atoms with Gasteiger partial charge in [0.25, 0.3) is 0 Å². The average molecular weight is 275 g/mol. The van der Waals surface area contributed by atoms with E-state index in [1.54, 1.807) is 0 Å². The van der Waals surface area contributed by atoms with Crippen LogP contribution in [0.5, 0.6) is 0 Å². The lowest BCUT2D eigenvalue weighted by molar-refractivity contribution is 0.217. The Morgan fingerprint density at radius 1 is 1.35 bits per heavy atom. The van der Waals surface area contributed by atoms with Crippen molar-refractivity contribution in [1.29, 1.82) is 0 Å². The van der Waals surface area contributed by atoms with Gasteiger partial charge >= 0.3 is 0 Å². The minimum atomic E-state index is 0.179. The second-order valence-corrected chi connectivity index (χ2v) is 6.20. The highest BCUT2D eigenvalue weighted by Crippen LogP contribution is 2.17. The lowest BCUT2D eigenvalue weighted by Gasteiger charge is -2.26. The Balaban J connectivity index is 1.65. The Kier molecular flexibility index (Phi) is 6.02. The van der Waals surface area contributed by atoms with Gasteiger partial charge in [-0.05, 0) is 58.4 Å². The molecule has 0 spiro atoms. The highest BCUT2D eigenvalue weighted by molar-refractivity contribution is 5.18. The first-order chi connectivity index (χ1) is 9.66. The summed E-state index contributed by atoms with van der Waals surface area (Å²) in [6.07, 6.45) is 4.94. The molecule has 0 amide bonds. The van der Waals surface area contributed by atoms with Crippen molar-refractivity contribution in [1.82, 2.24) is 9.80 Å². The molecule has 1 fully saturated rings. The van der Waals surface area contributed by atoms with Crippen molar-refractivity contribution in [3.8, 4) is 0 Å². The molecule has 2 unspecified atom stereocenters. The molecule has 2 N–H and O–H groups in total. The van der Waals surface area contributed by atoms with Gasteiger partial charge < -0.3 is 15.5 Å². The molecule has 3 nitrogen and oxygen atoms in total. The third kappa shape index (κ3) is 4.58. The maximum Gasteiger partial charge on any atom is 0.0295 e. The van der Waals surface area contributed by atoms with Crippen molar-refractivity contribution in [3.05, 3.63) is 35.9 Å². The molecule has 20 heavy (non-hydrogen) atoms. The number of hydrogen-bond donors (Lipinski definition) is 1. The SMILES string of the molecule is CN(CCCC(N)c1ccccc1)CC1CCCN1C. The predicted octanol–water partition coefficient (Wildman–Crippen LogP) is 2.49. The Bertz CT molecular complexity index is 379.